The Kier molecular flexibility index (Phi) is 3.41. The number of fused-ring (bicyclic) bond motifs is 1. The first-order valence-corrected chi connectivity index (χ1v) is 6.17. The summed E-state index contributed by atoms with van der Waals surface area (Å²) in [6.07, 6.45) is 2.86. The van der Waals surface area contributed by atoms with Crippen molar-refractivity contribution in [2.24, 2.45) is 0 Å². The number of amides is 1. The summed E-state index contributed by atoms with van der Waals surface area (Å²) in [5.74, 6) is 1.21. The molecule has 92 valence electrons. The van der Waals surface area contributed by atoms with Gasteiger partial charge in [-0.15, -0.1) is 0 Å². The van der Waals surface area contributed by atoms with E-state index in [4.69, 9.17) is 0 Å². The highest BCUT2D eigenvalue weighted by molar-refractivity contribution is 5.48. The number of hydrogen-bond acceptors (Lipinski definition) is 3. The lowest BCUT2D eigenvalue weighted by Gasteiger charge is -2.18. The molecule has 1 aromatic rings. The molecule has 4 heteroatoms. The maximum atomic E-state index is 11.0. The zero-order valence-electron chi connectivity index (χ0n) is 10.7. The second-order valence-corrected chi connectivity index (χ2v) is 4.92. The largest absolute Gasteiger partial charge is 0.341 e. The molecule has 0 aromatic carbocycles. The maximum Gasteiger partial charge on any atom is 0.210 e. The lowest BCUT2D eigenvalue weighted by molar-refractivity contribution is -0.118. The molecule has 2 heterocycles. The van der Waals surface area contributed by atoms with Gasteiger partial charge in [-0.05, 0) is 25.7 Å². The number of carbonyl (C=O) groups is 1. The minimum Gasteiger partial charge on any atom is -0.341 e. The third-order valence-electron chi connectivity index (χ3n) is 3.15. The van der Waals surface area contributed by atoms with Crippen molar-refractivity contribution in [2.75, 3.05) is 6.54 Å². The average molecular weight is 233 g/mol. The zero-order valence-corrected chi connectivity index (χ0v) is 10.7. The summed E-state index contributed by atoms with van der Waals surface area (Å²) in [4.78, 5) is 21.8. The van der Waals surface area contributed by atoms with Crippen LogP contribution in [0.1, 0.15) is 49.0 Å². The number of rotatable bonds is 2. The Morgan fingerprint density at radius 1 is 1.35 bits per heavy atom. The molecule has 1 amide bonds. The third kappa shape index (κ3) is 2.46. The van der Waals surface area contributed by atoms with E-state index >= 15 is 0 Å². The second-order valence-electron chi connectivity index (χ2n) is 4.92. The summed E-state index contributed by atoms with van der Waals surface area (Å²) in [6, 6.07) is 0. The first-order valence-electron chi connectivity index (χ1n) is 6.17. The molecule has 0 fully saturated rings. The third-order valence-corrected chi connectivity index (χ3v) is 3.15. The van der Waals surface area contributed by atoms with E-state index in [1.165, 1.54) is 0 Å². The standard InChI is InChI=1S/C13H19N3O/c1-9(2)13-11-7-16(8-17)6-4-5-12(11)14-10(3)15-13/h8-9H,4-7H2,1-3H3. The van der Waals surface area contributed by atoms with Crippen LogP contribution in [0.4, 0.5) is 0 Å². The Bertz CT molecular complexity index is 429. The molecule has 0 saturated heterocycles. The summed E-state index contributed by atoms with van der Waals surface area (Å²) in [5, 5.41) is 0. The lowest BCUT2D eigenvalue weighted by atomic mass is 10.0. The number of hydrogen-bond donors (Lipinski definition) is 0. The van der Waals surface area contributed by atoms with Crippen LogP contribution >= 0.6 is 0 Å². The van der Waals surface area contributed by atoms with Gasteiger partial charge in [-0.3, -0.25) is 4.79 Å². The van der Waals surface area contributed by atoms with E-state index in [1.54, 1.807) is 0 Å². The molecule has 0 atom stereocenters. The van der Waals surface area contributed by atoms with Gasteiger partial charge in [0.2, 0.25) is 6.41 Å². The minimum atomic E-state index is 0.372. The van der Waals surface area contributed by atoms with Crippen LogP contribution in [0.3, 0.4) is 0 Å². The number of aryl methyl sites for hydroxylation is 2. The van der Waals surface area contributed by atoms with Gasteiger partial charge in [0, 0.05) is 24.3 Å². The van der Waals surface area contributed by atoms with Gasteiger partial charge in [0.15, 0.2) is 0 Å². The second kappa shape index (κ2) is 4.82. The molecule has 0 saturated carbocycles. The number of aromatic nitrogens is 2. The molecular weight excluding hydrogens is 214 g/mol. The van der Waals surface area contributed by atoms with Gasteiger partial charge in [0.25, 0.3) is 0 Å². The summed E-state index contributed by atoms with van der Waals surface area (Å²) in [5.41, 5.74) is 3.39. The average Bonchev–Trinajstić information content (AvgIpc) is 2.49. The quantitative estimate of drug-likeness (QED) is 0.732. The smallest absolute Gasteiger partial charge is 0.210 e. The molecular formula is C13H19N3O. The Balaban J connectivity index is 2.48. The Hall–Kier alpha value is -1.45. The van der Waals surface area contributed by atoms with Crippen LogP contribution in [0.5, 0.6) is 0 Å². The SMILES string of the molecule is Cc1nc2c(c(C(C)C)n1)CN(C=O)CCC2. The predicted octanol–water partition coefficient (Wildman–Crippen LogP) is 1.81. The Morgan fingerprint density at radius 2 is 2.12 bits per heavy atom. The molecule has 4 nitrogen and oxygen atoms in total. The van der Waals surface area contributed by atoms with Crippen molar-refractivity contribution >= 4 is 6.41 Å². The van der Waals surface area contributed by atoms with E-state index in [0.29, 0.717) is 12.5 Å². The van der Waals surface area contributed by atoms with Gasteiger partial charge in [0.1, 0.15) is 5.82 Å². The summed E-state index contributed by atoms with van der Waals surface area (Å²) in [7, 11) is 0. The highest BCUT2D eigenvalue weighted by Gasteiger charge is 2.20. The molecule has 1 aromatic heterocycles. The molecule has 17 heavy (non-hydrogen) atoms. The van der Waals surface area contributed by atoms with Crippen molar-refractivity contribution in [1.29, 1.82) is 0 Å². The van der Waals surface area contributed by atoms with Crippen molar-refractivity contribution < 1.29 is 4.79 Å². The molecule has 0 aliphatic carbocycles. The zero-order chi connectivity index (χ0) is 12.4. The van der Waals surface area contributed by atoms with E-state index in [0.717, 1.165) is 48.6 Å². The van der Waals surface area contributed by atoms with Gasteiger partial charge >= 0.3 is 0 Å². The van der Waals surface area contributed by atoms with Crippen molar-refractivity contribution in [2.45, 2.75) is 46.1 Å². The topological polar surface area (TPSA) is 46.1 Å². The molecule has 2 rings (SSSR count). The molecule has 0 bridgehead atoms. The number of carbonyl (C=O) groups excluding carboxylic acids is 1. The van der Waals surface area contributed by atoms with Crippen molar-refractivity contribution in [3.8, 4) is 0 Å². The predicted molar refractivity (Wildman–Crippen MR) is 65.7 cm³/mol. The van der Waals surface area contributed by atoms with Crippen LogP contribution in [0.2, 0.25) is 0 Å². The molecule has 0 unspecified atom stereocenters. The fourth-order valence-corrected chi connectivity index (χ4v) is 2.36. The van der Waals surface area contributed by atoms with E-state index in [2.05, 4.69) is 23.8 Å². The lowest BCUT2D eigenvalue weighted by Crippen LogP contribution is -2.22. The fourth-order valence-electron chi connectivity index (χ4n) is 2.36. The first kappa shape index (κ1) is 12.0. The minimum absolute atomic E-state index is 0.372. The highest BCUT2D eigenvalue weighted by atomic mass is 16.1. The van der Waals surface area contributed by atoms with E-state index in [-0.39, 0.29) is 0 Å². The van der Waals surface area contributed by atoms with Crippen LogP contribution in [0.15, 0.2) is 0 Å². The van der Waals surface area contributed by atoms with Crippen LogP contribution in [-0.2, 0) is 17.8 Å². The first-order chi connectivity index (χ1) is 8.11. The van der Waals surface area contributed by atoms with Crippen LogP contribution in [0.25, 0.3) is 0 Å². The van der Waals surface area contributed by atoms with Gasteiger partial charge in [-0.2, -0.15) is 0 Å². The highest BCUT2D eigenvalue weighted by Crippen LogP contribution is 2.24. The summed E-state index contributed by atoms with van der Waals surface area (Å²) < 4.78 is 0. The van der Waals surface area contributed by atoms with Crippen LogP contribution in [0, 0.1) is 6.92 Å². The maximum absolute atomic E-state index is 11.0. The molecule has 0 N–H and O–H groups in total. The molecule has 1 aliphatic heterocycles. The van der Waals surface area contributed by atoms with Crippen molar-refractivity contribution in [3.63, 3.8) is 0 Å². The van der Waals surface area contributed by atoms with Crippen molar-refractivity contribution in [1.82, 2.24) is 14.9 Å². The van der Waals surface area contributed by atoms with Crippen LogP contribution < -0.4 is 0 Å². The summed E-state index contributed by atoms with van der Waals surface area (Å²) in [6.45, 7) is 7.69. The summed E-state index contributed by atoms with van der Waals surface area (Å²) >= 11 is 0. The fraction of sp³-hybridized carbons (Fsp3) is 0.615. The Morgan fingerprint density at radius 3 is 2.76 bits per heavy atom. The monoisotopic (exact) mass is 233 g/mol. The number of nitrogens with zero attached hydrogens (tertiary/aromatic N) is 3. The van der Waals surface area contributed by atoms with E-state index in [9.17, 15) is 4.79 Å². The van der Waals surface area contributed by atoms with E-state index in [1.807, 2.05) is 11.8 Å². The van der Waals surface area contributed by atoms with Gasteiger partial charge in [-0.1, -0.05) is 13.8 Å². The van der Waals surface area contributed by atoms with Gasteiger partial charge < -0.3 is 4.90 Å². The molecule has 0 radical (unpaired) electrons. The van der Waals surface area contributed by atoms with Crippen LogP contribution in [-0.4, -0.2) is 27.8 Å². The molecule has 1 aliphatic rings. The van der Waals surface area contributed by atoms with Crippen molar-refractivity contribution in [3.05, 3.63) is 22.8 Å². The van der Waals surface area contributed by atoms with Gasteiger partial charge in [-0.25, -0.2) is 9.97 Å². The molecule has 0 spiro atoms. The van der Waals surface area contributed by atoms with E-state index < -0.39 is 0 Å². The normalized spacial score (nSPS) is 15.6. The van der Waals surface area contributed by atoms with Gasteiger partial charge in [0.05, 0.1) is 5.69 Å². The Labute approximate surface area is 102 Å².